The number of hydrogen-bond acceptors (Lipinski definition) is 3. The number of aromatic carboxylic acids is 1. The monoisotopic (exact) mass is 300 g/mol. The molecule has 1 aromatic carbocycles. The predicted molar refractivity (Wildman–Crippen MR) is 83.5 cm³/mol. The maximum atomic E-state index is 11.4. The summed E-state index contributed by atoms with van der Waals surface area (Å²) in [4.78, 5) is 11.4. The molecule has 0 fully saturated rings. The van der Waals surface area contributed by atoms with Gasteiger partial charge in [0.25, 0.3) is 0 Å². The minimum atomic E-state index is -0.993. The zero-order chi connectivity index (χ0) is 16.1. The fourth-order valence-corrected chi connectivity index (χ4v) is 2.88. The topological polar surface area (TPSA) is 64.4 Å². The maximum Gasteiger partial charge on any atom is 0.356 e. The van der Waals surface area contributed by atoms with Gasteiger partial charge in [0, 0.05) is 24.6 Å². The van der Waals surface area contributed by atoms with E-state index in [2.05, 4.69) is 38.0 Å². The lowest BCUT2D eigenvalue weighted by atomic mass is 9.85. The van der Waals surface area contributed by atoms with Crippen LogP contribution in [0.5, 0.6) is 5.75 Å². The first-order valence-corrected chi connectivity index (χ1v) is 7.36. The Morgan fingerprint density at radius 3 is 2.73 bits per heavy atom. The number of fused-ring (bicyclic) bond motifs is 3. The minimum absolute atomic E-state index is 0.00964. The molecule has 0 saturated carbocycles. The van der Waals surface area contributed by atoms with Crippen molar-refractivity contribution in [2.75, 3.05) is 6.61 Å². The summed E-state index contributed by atoms with van der Waals surface area (Å²) in [6.45, 7) is 6.91. The van der Waals surface area contributed by atoms with E-state index < -0.39 is 5.97 Å². The van der Waals surface area contributed by atoms with Crippen LogP contribution in [0.4, 0.5) is 0 Å². The lowest BCUT2D eigenvalue weighted by molar-refractivity contribution is 0.0688. The molecule has 5 heteroatoms. The van der Waals surface area contributed by atoms with Gasteiger partial charge in [0.15, 0.2) is 5.69 Å². The number of carboxylic acids is 1. The Labute approximate surface area is 129 Å². The maximum absolute atomic E-state index is 11.4. The van der Waals surface area contributed by atoms with Gasteiger partial charge in [-0.3, -0.25) is 4.68 Å². The third-order valence-electron chi connectivity index (χ3n) is 4.06. The molecular formula is C17H20N2O3. The lowest BCUT2D eigenvalue weighted by Crippen LogP contribution is -2.11. The van der Waals surface area contributed by atoms with E-state index in [4.69, 9.17) is 4.74 Å². The molecule has 0 atom stereocenters. The largest absolute Gasteiger partial charge is 0.493 e. The van der Waals surface area contributed by atoms with Crippen LogP contribution in [0.2, 0.25) is 0 Å². The summed E-state index contributed by atoms with van der Waals surface area (Å²) < 4.78 is 7.46. The number of ether oxygens (including phenoxy) is 1. The second kappa shape index (κ2) is 4.87. The standard InChI is InChI=1S/C17H20N2O3/c1-17(2,3)10-5-6-13-12(9-10)15-11(7-8-22-13)14(16(20)21)18-19(15)4/h5-6,9H,7-8H2,1-4H3,(H,20,21). The van der Waals surface area contributed by atoms with E-state index in [1.165, 1.54) is 5.56 Å². The molecule has 1 aliphatic heterocycles. The highest BCUT2D eigenvalue weighted by Gasteiger charge is 2.27. The van der Waals surface area contributed by atoms with Gasteiger partial charge in [0.1, 0.15) is 5.75 Å². The van der Waals surface area contributed by atoms with Crippen molar-refractivity contribution in [1.82, 2.24) is 9.78 Å². The smallest absolute Gasteiger partial charge is 0.356 e. The van der Waals surface area contributed by atoms with E-state index >= 15 is 0 Å². The van der Waals surface area contributed by atoms with E-state index in [9.17, 15) is 9.90 Å². The first kappa shape index (κ1) is 14.6. The first-order chi connectivity index (χ1) is 10.3. The molecule has 0 unspecified atom stereocenters. The Hall–Kier alpha value is -2.30. The van der Waals surface area contributed by atoms with Crippen LogP contribution in [0.25, 0.3) is 11.3 Å². The number of nitrogens with zero attached hydrogens (tertiary/aromatic N) is 2. The molecule has 0 saturated heterocycles. The third-order valence-corrected chi connectivity index (χ3v) is 4.06. The van der Waals surface area contributed by atoms with Gasteiger partial charge in [-0.25, -0.2) is 4.79 Å². The van der Waals surface area contributed by atoms with Crippen LogP contribution >= 0.6 is 0 Å². The number of carboxylic acid groups (broad SMARTS) is 1. The number of hydrogen-bond donors (Lipinski definition) is 1. The van der Waals surface area contributed by atoms with Crippen LogP contribution in [0, 0.1) is 0 Å². The van der Waals surface area contributed by atoms with Crippen molar-refractivity contribution in [1.29, 1.82) is 0 Å². The highest BCUT2D eigenvalue weighted by molar-refractivity contribution is 5.90. The molecule has 116 valence electrons. The van der Waals surface area contributed by atoms with E-state index in [-0.39, 0.29) is 11.1 Å². The van der Waals surface area contributed by atoms with E-state index in [1.54, 1.807) is 11.7 Å². The quantitative estimate of drug-likeness (QED) is 0.879. The average molecular weight is 300 g/mol. The SMILES string of the molecule is Cn1nc(C(=O)O)c2c1-c1cc(C(C)(C)C)ccc1OCC2. The van der Waals surface area contributed by atoms with Gasteiger partial charge in [0.05, 0.1) is 12.3 Å². The van der Waals surface area contributed by atoms with Gasteiger partial charge >= 0.3 is 5.97 Å². The number of aryl methyl sites for hydroxylation is 1. The van der Waals surface area contributed by atoms with Crippen LogP contribution in [0.1, 0.15) is 42.4 Å². The predicted octanol–water partition coefficient (Wildman–Crippen LogP) is 3.02. The minimum Gasteiger partial charge on any atom is -0.493 e. The first-order valence-electron chi connectivity index (χ1n) is 7.36. The van der Waals surface area contributed by atoms with Crippen molar-refractivity contribution in [3.63, 3.8) is 0 Å². The number of carbonyl (C=O) groups is 1. The second-order valence-corrected chi connectivity index (χ2v) is 6.66. The molecule has 22 heavy (non-hydrogen) atoms. The fourth-order valence-electron chi connectivity index (χ4n) is 2.88. The summed E-state index contributed by atoms with van der Waals surface area (Å²) in [6, 6.07) is 6.13. The second-order valence-electron chi connectivity index (χ2n) is 6.66. The van der Waals surface area contributed by atoms with Crippen LogP contribution in [-0.2, 0) is 18.9 Å². The van der Waals surface area contributed by atoms with Gasteiger partial charge in [-0.15, -0.1) is 0 Å². The van der Waals surface area contributed by atoms with Crippen molar-refractivity contribution in [3.05, 3.63) is 35.0 Å². The van der Waals surface area contributed by atoms with E-state index in [1.807, 2.05) is 6.07 Å². The van der Waals surface area contributed by atoms with Crippen molar-refractivity contribution < 1.29 is 14.6 Å². The Morgan fingerprint density at radius 1 is 1.36 bits per heavy atom. The molecule has 0 bridgehead atoms. The molecule has 0 amide bonds. The van der Waals surface area contributed by atoms with Crippen molar-refractivity contribution in [2.24, 2.45) is 7.05 Å². The van der Waals surface area contributed by atoms with Crippen molar-refractivity contribution in [3.8, 4) is 17.0 Å². The molecule has 1 aliphatic rings. The zero-order valence-corrected chi connectivity index (χ0v) is 13.3. The summed E-state index contributed by atoms with van der Waals surface area (Å²) in [5, 5.41) is 13.5. The Bertz CT molecular complexity index is 754. The molecule has 0 radical (unpaired) electrons. The summed E-state index contributed by atoms with van der Waals surface area (Å²) in [6.07, 6.45) is 0.546. The van der Waals surface area contributed by atoms with E-state index in [0.29, 0.717) is 13.0 Å². The van der Waals surface area contributed by atoms with Crippen LogP contribution in [-0.4, -0.2) is 27.5 Å². The van der Waals surface area contributed by atoms with Crippen LogP contribution in [0.15, 0.2) is 18.2 Å². The Kier molecular flexibility index (Phi) is 3.24. The Balaban J connectivity index is 2.27. The molecule has 0 spiro atoms. The van der Waals surface area contributed by atoms with Crippen molar-refractivity contribution >= 4 is 5.97 Å². The van der Waals surface area contributed by atoms with Crippen molar-refractivity contribution in [2.45, 2.75) is 32.6 Å². The van der Waals surface area contributed by atoms with Crippen LogP contribution in [0.3, 0.4) is 0 Å². The summed E-state index contributed by atoms with van der Waals surface area (Å²) in [7, 11) is 1.78. The lowest BCUT2D eigenvalue weighted by Gasteiger charge is -2.21. The normalized spacial score (nSPS) is 13.8. The molecule has 1 aromatic heterocycles. The van der Waals surface area contributed by atoms with E-state index in [0.717, 1.165) is 22.6 Å². The van der Waals surface area contributed by atoms with Gasteiger partial charge in [0.2, 0.25) is 0 Å². The zero-order valence-electron chi connectivity index (χ0n) is 13.3. The fraction of sp³-hybridized carbons (Fsp3) is 0.412. The van der Waals surface area contributed by atoms with Gasteiger partial charge in [-0.2, -0.15) is 5.10 Å². The molecule has 3 rings (SSSR count). The molecule has 2 heterocycles. The number of aromatic nitrogens is 2. The molecule has 1 N–H and O–H groups in total. The molecule has 5 nitrogen and oxygen atoms in total. The summed E-state index contributed by atoms with van der Waals surface area (Å²) >= 11 is 0. The van der Waals surface area contributed by atoms with Gasteiger partial charge in [-0.1, -0.05) is 26.8 Å². The molecule has 2 aromatic rings. The molecular weight excluding hydrogens is 280 g/mol. The third kappa shape index (κ3) is 2.26. The highest BCUT2D eigenvalue weighted by atomic mass is 16.5. The van der Waals surface area contributed by atoms with Crippen LogP contribution < -0.4 is 4.74 Å². The van der Waals surface area contributed by atoms with Gasteiger partial charge in [-0.05, 0) is 23.1 Å². The summed E-state index contributed by atoms with van der Waals surface area (Å²) in [5.74, 6) is -0.209. The number of rotatable bonds is 1. The highest BCUT2D eigenvalue weighted by Crippen LogP contribution is 2.39. The van der Waals surface area contributed by atoms with Gasteiger partial charge < -0.3 is 9.84 Å². The number of benzene rings is 1. The Morgan fingerprint density at radius 2 is 2.09 bits per heavy atom. The molecule has 0 aliphatic carbocycles. The average Bonchev–Trinajstić information content (AvgIpc) is 2.64. The summed E-state index contributed by atoms with van der Waals surface area (Å²) in [5.41, 5.74) is 3.82.